The van der Waals surface area contributed by atoms with Crippen molar-refractivity contribution in [3.8, 4) is 5.75 Å². The first-order valence-electron chi connectivity index (χ1n) is 7.65. The lowest BCUT2D eigenvalue weighted by molar-refractivity contribution is 0.340. The standard InChI is InChI=1S/C17H25N3O/c1-5-20-12-16(11-18-20)14(4)19-13(3)15-7-9-17(10-8-15)21-6-2/h7-14,19H,5-6H2,1-4H3. The van der Waals surface area contributed by atoms with Crippen molar-refractivity contribution >= 4 is 0 Å². The van der Waals surface area contributed by atoms with E-state index >= 15 is 0 Å². The molecular weight excluding hydrogens is 262 g/mol. The monoisotopic (exact) mass is 287 g/mol. The SMILES string of the molecule is CCOc1ccc(C(C)NC(C)c2cnn(CC)c2)cc1. The fourth-order valence-electron chi connectivity index (χ4n) is 2.36. The fourth-order valence-corrected chi connectivity index (χ4v) is 2.36. The van der Waals surface area contributed by atoms with Crippen LogP contribution in [0.2, 0.25) is 0 Å². The third kappa shape index (κ3) is 4.08. The number of aromatic nitrogens is 2. The molecule has 4 nitrogen and oxygen atoms in total. The van der Waals surface area contributed by atoms with Gasteiger partial charge in [0.25, 0.3) is 0 Å². The molecule has 2 aromatic rings. The third-order valence-corrected chi connectivity index (χ3v) is 3.67. The second-order valence-corrected chi connectivity index (χ2v) is 5.24. The van der Waals surface area contributed by atoms with Crippen LogP contribution in [0.1, 0.15) is 50.9 Å². The maximum atomic E-state index is 5.47. The quantitative estimate of drug-likeness (QED) is 0.843. The molecule has 114 valence electrons. The van der Waals surface area contributed by atoms with Crippen LogP contribution < -0.4 is 10.1 Å². The largest absolute Gasteiger partial charge is 0.494 e. The highest BCUT2D eigenvalue weighted by Gasteiger charge is 2.12. The lowest BCUT2D eigenvalue weighted by atomic mass is 10.1. The van der Waals surface area contributed by atoms with Crippen LogP contribution in [0.15, 0.2) is 36.7 Å². The first-order chi connectivity index (χ1) is 10.1. The predicted octanol–water partition coefficient (Wildman–Crippen LogP) is 3.71. The smallest absolute Gasteiger partial charge is 0.119 e. The van der Waals surface area contributed by atoms with Crippen LogP contribution in [0.5, 0.6) is 5.75 Å². The molecule has 0 aliphatic heterocycles. The van der Waals surface area contributed by atoms with E-state index in [-0.39, 0.29) is 12.1 Å². The molecule has 1 aromatic carbocycles. The van der Waals surface area contributed by atoms with Crippen molar-refractivity contribution in [3.05, 3.63) is 47.8 Å². The summed E-state index contributed by atoms with van der Waals surface area (Å²) in [7, 11) is 0. The van der Waals surface area contributed by atoms with Gasteiger partial charge in [-0.05, 0) is 45.4 Å². The second-order valence-electron chi connectivity index (χ2n) is 5.24. The maximum absolute atomic E-state index is 5.47. The van der Waals surface area contributed by atoms with Crippen LogP contribution in [0.4, 0.5) is 0 Å². The summed E-state index contributed by atoms with van der Waals surface area (Å²) in [5.74, 6) is 0.922. The molecule has 2 unspecified atom stereocenters. The van der Waals surface area contributed by atoms with E-state index in [1.165, 1.54) is 11.1 Å². The van der Waals surface area contributed by atoms with Crippen molar-refractivity contribution < 1.29 is 4.74 Å². The number of nitrogens with zero attached hydrogens (tertiary/aromatic N) is 2. The van der Waals surface area contributed by atoms with E-state index in [2.05, 4.69) is 49.5 Å². The van der Waals surface area contributed by atoms with Crippen molar-refractivity contribution in [2.24, 2.45) is 0 Å². The number of ether oxygens (including phenoxy) is 1. The molecule has 2 atom stereocenters. The zero-order valence-corrected chi connectivity index (χ0v) is 13.3. The van der Waals surface area contributed by atoms with Gasteiger partial charge in [-0.1, -0.05) is 12.1 Å². The van der Waals surface area contributed by atoms with Crippen molar-refractivity contribution in [2.45, 2.75) is 46.3 Å². The molecule has 0 saturated carbocycles. The average molecular weight is 287 g/mol. The van der Waals surface area contributed by atoms with E-state index in [4.69, 9.17) is 4.74 Å². The summed E-state index contributed by atoms with van der Waals surface area (Å²) in [5, 5.41) is 7.94. The van der Waals surface area contributed by atoms with E-state index in [0.29, 0.717) is 6.61 Å². The number of hydrogen-bond donors (Lipinski definition) is 1. The van der Waals surface area contributed by atoms with Crippen LogP contribution in [-0.2, 0) is 6.54 Å². The summed E-state index contributed by atoms with van der Waals surface area (Å²) in [6, 6.07) is 8.83. The summed E-state index contributed by atoms with van der Waals surface area (Å²) in [5.41, 5.74) is 2.47. The first kappa shape index (κ1) is 15.6. The minimum Gasteiger partial charge on any atom is -0.494 e. The number of aryl methyl sites for hydroxylation is 1. The molecule has 1 N–H and O–H groups in total. The van der Waals surface area contributed by atoms with Crippen LogP contribution in [0.3, 0.4) is 0 Å². The molecule has 4 heteroatoms. The molecule has 0 radical (unpaired) electrons. The Balaban J connectivity index is 1.97. The van der Waals surface area contributed by atoms with Gasteiger partial charge in [0, 0.05) is 30.4 Å². The Morgan fingerprint density at radius 1 is 1.10 bits per heavy atom. The molecule has 21 heavy (non-hydrogen) atoms. The van der Waals surface area contributed by atoms with E-state index in [9.17, 15) is 0 Å². The van der Waals surface area contributed by atoms with E-state index in [0.717, 1.165) is 12.3 Å². The number of rotatable bonds is 7. The van der Waals surface area contributed by atoms with E-state index in [1.807, 2.05) is 29.9 Å². The highest BCUT2D eigenvalue weighted by molar-refractivity contribution is 5.29. The van der Waals surface area contributed by atoms with Gasteiger partial charge in [-0.2, -0.15) is 5.10 Å². The Labute approximate surface area is 127 Å². The third-order valence-electron chi connectivity index (χ3n) is 3.67. The van der Waals surface area contributed by atoms with E-state index < -0.39 is 0 Å². The highest BCUT2D eigenvalue weighted by Crippen LogP contribution is 2.21. The maximum Gasteiger partial charge on any atom is 0.119 e. The molecule has 1 heterocycles. The fraction of sp³-hybridized carbons (Fsp3) is 0.471. The molecule has 0 aliphatic rings. The highest BCUT2D eigenvalue weighted by atomic mass is 16.5. The van der Waals surface area contributed by atoms with E-state index in [1.54, 1.807) is 0 Å². The lowest BCUT2D eigenvalue weighted by Gasteiger charge is -2.19. The molecule has 0 bridgehead atoms. The number of nitrogens with one attached hydrogen (secondary N) is 1. The molecule has 0 amide bonds. The summed E-state index contributed by atoms with van der Waals surface area (Å²) < 4.78 is 7.43. The van der Waals surface area contributed by atoms with Gasteiger partial charge >= 0.3 is 0 Å². The van der Waals surface area contributed by atoms with Gasteiger partial charge < -0.3 is 10.1 Å². The summed E-state index contributed by atoms with van der Waals surface area (Å²) >= 11 is 0. The zero-order chi connectivity index (χ0) is 15.2. The van der Waals surface area contributed by atoms with Gasteiger partial charge in [-0.3, -0.25) is 4.68 Å². The molecule has 2 rings (SSSR count). The lowest BCUT2D eigenvalue weighted by Crippen LogP contribution is -2.22. The Bertz CT molecular complexity index is 547. The number of benzene rings is 1. The van der Waals surface area contributed by atoms with Crippen LogP contribution in [0.25, 0.3) is 0 Å². The van der Waals surface area contributed by atoms with Gasteiger partial charge in [-0.25, -0.2) is 0 Å². The van der Waals surface area contributed by atoms with Gasteiger partial charge in [0.15, 0.2) is 0 Å². The van der Waals surface area contributed by atoms with Crippen molar-refractivity contribution in [3.63, 3.8) is 0 Å². The summed E-state index contributed by atoms with van der Waals surface area (Å²) in [6.45, 7) is 10.0. The summed E-state index contributed by atoms with van der Waals surface area (Å²) in [6.07, 6.45) is 4.04. The van der Waals surface area contributed by atoms with Gasteiger partial charge in [0.1, 0.15) is 5.75 Å². The molecule has 0 spiro atoms. The molecule has 0 fully saturated rings. The van der Waals surface area contributed by atoms with Crippen molar-refractivity contribution in [2.75, 3.05) is 6.61 Å². The molecular formula is C17H25N3O. The normalized spacial score (nSPS) is 13.9. The minimum atomic E-state index is 0.270. The van der Waals surface area contributed by atoms with Gasteiger partial charge in [0.2, 0.25) is 0 Å². The minimum absolute atomic E-state index is 0.270. The average Bonchev–Trinajstić information content (AvgIpc) is 2.97. The van der Waals surface area contributed by atoms with Gasteiger partial charge in [-0.15, -0.1) is 0 Å². The second kappa shape index (κ2) is 7.27. The predicted molar refractivity (Wildman–Crippen MR) is 85.5 cm³/mol. The Hall–Kier alpha value is -1.81. The van der Waals surface area contributed by atoms with Crippen LogP contribution >= 0.6 is 0 Å². The molecule has 0 aliphatic carbocycles. The van der Waals surface area contributed by atoms with Gasteiger partial charge in [0.05, 0.1) is 12.8 Å². The Kier molecular flexibility index (Phi) is 5.39. The Morgan fingerprint density at radius 3 is 2.33 bits per heavy atom. The summed E-state index contributed by atoms with van der Waals surface area (Å²) in [4.78, 5) is 0. The van der Waals surface area contributed by atoms with Crippen LogP contribution in [-0.4, -0.2) is 16.4 Å². The topological polar surface area (TPSA) is 39.1 Å². The first-order valence-corrected chi connectivity index (χ1v) is 7.65. The van der Waals surface area contributed by atoms with Crippen molar-refractivity contribution in [1.29, 1.82) is 0 Å². The Morgan fingerprint density at radius 2 is 1.76 bits per heavy atom. The van der Waals surface area contributed by atoms with Crippen LogP contribution in [0, 0.1) is 0 Å². The molecule has 1 aromatic heterocycles. The number of hydrogen-bond acceptors (Lipinski definition) is 3. The molecule has 0 saturated heterocycles. The van der Waals surface area contributed by atoms with Crippen molar-refractivity contribution in [1.82, 2.24) is 15.1 Å². The zero-order valence-electron chi connectivity index (χ0n) is 13.3.